The molecule has 0 bridgehead atoms. The van der Waals surface area contributed by atoms with Gasteiger partial charge in [0, 0.05) is 6.61 Å². The first-order valence-corrected chi connectivity index (χ1v) is 4.26. The van der Waals surface area contributed by atoms with E-state index in [-0.39, 0.29) is 12.7 Å². The Morgan fingerprint density at radius 2 is 2.45 bits per heavy atom. The molecule has 0 unspecified atom stereocenters. The normalized spacial score (nSPS) is 30.7. The number of aliphatic hydroxyl groups is 1. The molecule has 11 heavy (non-hydrogen) atoms. The molecule has 0 radical (unpaired) electrons. The lowest BCUT2D eigenvalue weighted by Crippen LogP contribution is -2.21. The number of hydrogen-bond acceptors (Lipinski definition) is 2. The lowest BCUT2D eigenvalue weighted by molar-refractivity contribution is 0.0104. The maximum atomic E-state index is 8.58. The predicted molar refractivity (Wildman–Crippen MR) is 44.4 cm³/mol. The Bertz CT molecular complexity index is 132. The van der Waals surface area contributed by atoms with Crippen molar-refractivity contribution in [2.75, 3.05) is 6.61 Å². The van der Waals surface area contributed by atoms with Crippen molar-refractivity contribution in [3.05, 3.63) is 12.2 Å². The van der Waals surface area contributed by atoms with Gasteiger partial charge in [0.25, 0.3) is 0 Å². The van der Waals surface area contributed by atoms with Crippen LogP contribution >= 0.6 is 0 Å². The summed E-state index contributed by atoms with van der Waals surface area (Å²) in [4.78, 5) is 0. The van der Waals surface area contributed by atoms with Crippen molar-refractivity contribution >= 4 is 0 Å². The van der Waals surface area contributed by atoms with Crippen LogP contribution in [0.1, 0.15) is 26.2 Å². The molecule has 1 aliphatic rings. The van der Waals surface area contributed by atoms with Crippen LogP contribution in [0.15, 0.2) is 12.2 Å². The monoisotopic (exact) mass is 156 g/mol. The zero-order valence-corrected chi connectivity index (χ0v) is 6.99. The van der Waals surface area contributed by atoms with Gasteiger partial charge < -0.3 is 9.84 Å². The second-order valence-corrected chi connectivity index (χ2v) is 3.01. The van der Waals surface area contributed by atoms with Crippen LogP contribution in [0.5, 0.6) is 0 Å². The summed E-state index contributed by atoms with van der Waals surface area (Å²) in [6.07, 6.45) is 7.65. The first-order valence-electron chi connectivity index (χ1n) is 4.26. The third-order valence-electron chi connectivity index (χ3n) is 1.87. The van der Waals surface area contributed by atoms with Crippen LogP contribution in [0, 0.1) is 0 Å². The van der Waals surface area contributed by atoms with E-state index in [2.05, 4.69) is 19.1 Å². The second-order valence-electron chi connectivity index (χ2n) is 3.01. The van der Waals surface area contributed by atoms with E-state index in [0.717, 1.165) is 19.3 Å². The second kappa shape index (κ2) is 4.52. The first kappa shape index (κ1) is 8.75. The van der Waals surface area contributed by atoms with Gasteiger partial charge in [-0.2, -0.15) is 0 Å². The Balaban J connectivity index is 2.23. The fourth-order valence-electron chi connectivity index (χ4n) is 1.28. The maximum absolute atomic E-state index is 8.58. The fraction of sp³-hybridized carbons (Fsp3) is 0.778. The number of rotatable bonds is 3. The van der Waals surface area contributed by atoms with Gasteiger partial charge in [0.05, 0.1) is 12.2 Å². The van der Waals surface area contributed by atoms with Gasteiger partial charge in [-0.15, -0.1) is 0 Å². The molecule has 1 rings (SSSR count). The van der Waals surface area contributed by atoms with E-state index in [1.807, 2.05) is 0 Å². The quantitative estimate of drug-likeness (QED) is 0.627. The number of aliphatic hydroxyl groups excluding tert-OH is 1. The lowest BCUT2D eigenvalue weighted by Gasteiger charge is -2.22. The van der Waals surface area contributed by atoms with Gasteiger partial charge >= 0.3 is 0 Å². The molecule has 2 nitrogen and oxygen atoms in total. The molecule has 0 aliphatic carbocycles. The van der Waals surface area contributed by atoms with Crippen LogP contribution in [-0.2, 0) is 4.74 Å². The van der Waals surface area contributed by atoms with Crippen molar-refractivity contribution in [1.29, 1.82) is 0 Å². The number of hydrogen-bond donors (Lipinski definition) is 1. The molecule has 1 aliphatic heterocycles. The van der Waals surface area contributed by atoms with Crippen LogP contribution in [0.2, 0.25) is 0 Å². The van der Waals surface area contributed by atoms with Crippen molar-refractivity contribution in [1.82, 2.24) is 0 Å². The van der Waals surface area contributed by atoms with E-state index in [4.69, 9.17) is 9.84 Å². The summed E-state index contributed by atoms with van der Waals surface area (Å²) >= 11 is 0. The SMILES string of the molecule is C[C@@H]1CC=C[C@H](CCCO)O1. The molecule has 2 heteroatoms. The van der Waals surface area contributed by atoms with Crippen molar-refractivity contribution in [2.45, 2.75) is 38.4 Å². The van der Waals surface area contributed by atoms with Gasteiger partial charge in [0.15, 0.2) is 0 Å². The zero-order valence-electron chi connectivity index (χ0n) is 6.99. The summed E-state index contributed by atoms with van der Waals surface area (Å²) < 4.78 is 5.59. The molecule has 1 heterocycles. The van der Waals surface area contributed by atoms with Crippen molar-refractivity contribution < 1.29 is 9.84 Å². The van der Waals surface area contributed by atoms with E-state index < -0.39 is 0 Å². The highest BCUT2D eigenvalue weighted by atomic mass is 16.5. The standard InChI is InChI=1S/C9H16O2/c1-8-4-2-5-9(11-8)6-3-7-10/h2,5,8-10H,3-4,6-7H2,1H3/t8-,9-/m1/s1. The van der Waals surface area contributed by atoms with Crippen LogP contribution in [-0.4, -0.2) is 23.9 Å². The third-order valence-corrected chi connectivity index (χ3v) is 1.87. The van der Waals surface area contributed by atoms with Crippen LogP contribution < -0.4 is 0 Å². The van der Waals surface area contributed by atoms with E-state index in [9.17, 15) is 0 Å². The molecule has 0 aromatic carbocycles. The maximum Gasteiger partial charge on any atom is 0.0760 e. The minimum Gasteiger partial charge on any atom is -0.396 e. The average molecular weight is 156 g/mol. The molecular formula is C9H16O2. The molecule has 64 valence electrons. The van der Waals surface area contributed by atoms with Crippen molar-refractivity contribution in [2.24, 2.45) is 0 Å². The van der Waals surface area contributed by atoms with E-state index in [0.29, 0.717) is 6.10 Å². The molecule has 0 aromatic rings. The van der Waals surface area contributed by atoms with E-state index in [1.54, 1.807) is 0 Å². The molecule has 0 spiro atoms. The van der Waals surface area contributed by atoms with Crippen LogP contribution in [0.3, 0.4) is 0 Å². The highest BCUT2D eigenvalue weighted by molar-refractivity contribution is 4.95. The lowest BCUT2D eigenvalue weighted by atomic mass is 10.1. The van der Waals surface area contributed by atoms with Gasteiger partial charge in [0.1, 0.15) is 0 Å². The third kappa shape index (κ3) is 3.04. The summed E-state index contributed by atoms with van der Waals surface area (Å²) in [5.41, 5.74) is 0. The molecular weight excluding hydrogens is 140 g/mol. The molecule has 1 N–H and O–H groups in total. The minimum absolute atomic E-state index is 0.242. The smallest absolute Gasteiger partial charge is 0.0760 e. The minimum atomic E-state index is 0.242. The highest BCUT2D eigenvalue weighted by Crippen LogP contribution is 2.14. The first-order chi connectivity index (χ1) is 5.33. The number of ether oxygens (including phenoxy) is 1. The van der Waals surface area contributed by atoms with Gasteiger partial charge in [-0.3, -0.25) is 0 Å². The molecule has 0 saturated heterocycles. The van der Waals surface area contributed by atoms with Gasteiger partial charge in [-0.05, 0) is 26.2 Å². The molecule has 0 amide bonds. The highest BCUT2D eigenvalue weighted by Gasteiger charge is 2.12. The van der Waals surface area contributed by atoms with Gasteiger partial charge in [0.2, 0.25) is 0 Å². The van der Waals surface area contributed by atoms with Crippen LogP contribution in [0.4, 0.5) is 0 Å². The predicted octanol–water partition coefficient (Wildman–Crippen LogP) is 1.49. The van der Waals surface area contributed by atoms with Gasteiger partial charge in [-0.1, -0.05) is 12.2 Å². The van der Waals surface area contributed by atoms with Crippen molar-refractivity contribution in [3.63, 3.8) is 0 Å². The van der Waals surface area contributed by atoms with E-state index >= 15 is 0 Å². The Kier molecular flexibility index (Phi) is 3.60. The Morgan fingerprint density at radius 3 is 3.09 bits per heavy atom. The summed E-state index contributed by atoms with van der Waals surface area (Å²) in [6, 6.07) is 0. The molecule has 0 saturated carbocycles. The summed E-state index contributed by atoms with van der Waals surface area (Å²) in [5, 5.41) is 8.58. The molecule has 0 aromatic heterocycles. The van der Waals surface area contributed by atoms with Gasteiger partial charge in [-0.25, -0.2) is 0 Å². The molecule has 2 atom stereocenters. The average Bonchev–Trinajstić information content (AvgIpc) is 2.01. The Morgan fingerprint density at radius 1 is 1.64 bits per heavy atom. The summed E-state index contributed by atoms with van der Waals surface area (Å²) in [6.45, 7) is 2.34. The van der Waals surface area contributed by atoms with E-state index in [1.165, 1.54) is 0 Å². The fourth-order valence-corrected chi connectivity index (χ4v) is 1.28. The Hall–Kier alpha value is -0.340. The largest absolute Gasteiger partial charge is 0.396 e. The topological polar surface area (TPSA) is 29.5 Å². The van der Waals surface area contributed by atoms with Crippen molar-refractivity contribution in [3.8, 4) is 0 Å². The summed E-state index contributed by atoms with van der Waals surface area (Å²) in [5.74, 6) is 0. The zero-order chi connectivity index (χ0) is 8.10. The Labute approximate surface area is 67.9 Å². The van der Waals surface area contributed by atoms with Crippen LogP contribution in [0.25, 0.3) is 0 Å². The molecule has 0 fully saturated rings. The summed E-state index contributed by atoms with van der Waals surface area (Å²) in [7, 11) is 0.